The molecule has 0 aromatic rings. The largest absolute Gasteiger partial charge is 0.379 e. The Morgan fingerprint density at radius 3 is 2.62 bits per heavy atom. The van der Waals surface area contributed by atoms with Crippen LogP contribution in [-0.4, -0.2) is 70.2 Å². The van der Waals surface area contributed by atoms with E-state index in [-0.39, 0.29) is 23.2 Å². The second-order valence-corrected chi connectivity index (χ2v) is 8.39. The SMILES string of the molecule is CCOC[C@@H]1CC2(CCN(C(=O)CS(C)(=O)=O)CC2)CO1. The summed E-state index contributed by atoms with van der Waals surface area (Å²) in [7, 11) is -3.25. The number of carbonyl (C=O) groups is 1. The van der Waals surface area contributed by atoms with E-state index in [4.69, 9.17) is 9.47 Å². The van der Waals surface area contributed by atoms with Gasteiger partial charge in [0.25, 0.3) is 0 Å². The first-order valence-corrected chi connectivity index (χ1v) is 9.54. The lowest BCUT2D eigenvalue weighted by Crippen LogP contribution is -2.45. The quantitative estimate of drug-likeness (QED) is 0.736. The molecule has 1 spiro atoms. The molecule has 21 heavy (non-hydrogen) atoms. The molecule has 0 aliphatic carbocycles. The van der Waals surface area contributed by atoms with Crippen LogP contribution in [0.15, 0.2) is 0 Å². The molecule has 1 amide bonds. The maximum atomic E-state index is 11.9. The molecule has 0 N–H and O–H groups in total. The van der Waals surface area contributed by atoms with E-state index in [0.29, 0.717) is 26.3 Å². The van der Waals surface area contributed by atoms with Crippen LogP contribution in [0.25, 0.3) is 0 Å². The third-order valence-electron chi connectivity index (χ3n) is 4.36. The number of hydrogen-bond donors (Lipinski definition) is 0. The van der Waals surface area contributed by atoms with Gasteiger partial charge in [-0.25, -0.2) is 8.42 Å². The van der Waals surface area contributed by atoms with Crippen molar-refractivity contribution in [1.29, 1.82) is 0 Å². The van der Waals surface area contributed by atoms with Gasteiger partial charge in [-0.15, -0.1) is 0 Å². The fraction of sp³-hybridized carbons (Fsp3) is 0.929. The third kappa shape index (κ3) is 4.66. The molecule has 0 aromatic heterocycles. The number of piperidine rings is 1. The van der Waals surface area contributed by atoms with Crippen molar-refractivity contribution >= 4 is 15.7 Å². The summed E-state index contributed by atoms with van der Waals surface area (Å²) in [5, 5.41) is 0. The molecule has 0 radical (unpaired) electrons. The summed E-state index contributed by atoms with van der Waals surface area (Å²) < 4.78 is 33.6. The van der Waals surface area contributed by atoms with Crippen LogP contribution in [0.1, 0.15) is 26.2 Å². The molecule has 0 bridgehead atoms. The topological polar surface area (TPSA) is 72.9 Å². The van der Waals surface area contributed by atoms with Gasteiger partial charge in [-0.1, -0.05) is 0 Å². The van der Waals surface area contributed by atoms with Crippen molar-refractivity contribution < 1.29 is 22.7 Å². The number of nitrogens with zero attached hydrogens (tertiary/aromatic N) is 1. The highest BCUT2D eigenvalue weighted by Gasteiger charge is 2.43. The highest BCUT2D eigenvalue weighted by molar-refractivity contribution is 7.91. The first kappa shape index (κ1) is 16.7. The van der Waals surface area contributed by atoms with Crippen molar-refractivity contribution in [1.82, 2.24) is 4.90 Å². The Hall–Kier alpha value is -0.660. The van der Waals surface area contributed by atoms with Gasteiger partial charge in [0.1, 0.15) is 5.75 Å². The van der Waals surface area contributed by atoms with Gasteiger partial charge in [0.05, 0.1) is 19.3 Å². The molecule has 2 fully saturated rings. The van der Waals surface area contributed by atoms with E-state index in [9.17, 15) is 13.2 Å². The Balaban J connectivity index is 1.82. The molecule has 2 aliphatic heterocycles. The van der Waals surface area contributed by atoms with Gasteiger partial charge in [0, 0.05) is 26.0 Å². The molecule has 7 heteroatoms. The zero-order valence-corrected chi connectivity index (χ0v) is 13.7. The van der Waals surface area contributed by atoms with Crippen LogP contribution in [0.2, 0.25) is 0 Å². The number of hydrogen-bond acceptors (Lipinski definition) is 5. The molecule has 2 aliphatic rings. The van der Waals surface area contributed by atoms with Gasteiger partial charge in [0.15, 0.2) is 9.84 Å². The fourth-order valence-electron chi connectivity index (χ4n) is 3.15. The summed E-state index contributed by atoms with van der Waals surface area (Å²) in [6.45, 7) is 5.27. The van der Waals surface area contributed by atoms with Gasteiger partial charge >= 0.3 is 0 Å². The van der Waals surface area contributed by atoms with E-state index in [0.717, 1.165) is 32.1 Å². The van der Waals surface area contributed by atoms with Crippen molar-refractivity contribution in [2.24, 2.45) is 5.41 Å². The predicted molar refractivity (Wildman–Crippen MR) is 78.8 cm³/mol. The van der Waals surface area contributed by atoms with E-state index in [1.165, 1.54) is 0 Å². The van der Waals surface area contributed by atoms with Crippen molar-refractivity contribution in [2.75, 3.05) is 44.9 Å². The number of amides is 1. The number of sulfone groups is 1. The van der Waals surface area contributed by atoms with E-state index >= 15 is 0 Å². The number of likely N-dealkylation sites (tertiary alicyclic amines) is 1. The third-order valence-corrected chi connectivity index (χ3v) is 5.13. The van der Waals surface area contributed by atoms with Crippen LogP contribution in [0, 0.1) is 5.41 Å². The Bertz CT molecular complexity index is 468. The first-order chi connectivity index (χ1) is 9.84. The van der Waals surface area contributed by atoms with Gasteiger partial charge in [-0.05, 0) is 31.6 Å². The Labute approximate surface area is 126 Å². The van der Waals surface area contributed by atoms with Gasteiger partial charge in [-0.2, -0.15) is 0 Å². The molecule has 122 valence electrons. The van der Waals surface area contributed by atoms with Crippen LogP contribution in [0.4, 0.5) is 0 Å². The number of carbonyl (C=O) groups excluding carboxylic acids is 1. The highest BCUT2D eigenvalue weighted by Crippen LogP contribution is 2.42. The molecule has 2 rings (SSSR count). The molecule has 1 atom stereocenters. The van der Waals surface area contributed by atoms with Crippen LogP contribution < -0.4 is 0 Å². The van der Waals surface area contributed by atoms with E-state index in [2.05, 4.69) is 0 Å². The van der Waals surface area contributed by atoms with Crippen LogP contribution in [0.3, 0.4) is 0 Å². The van der Waals surface area contributed by atoms with Crippen LogP contribution in [0.5, 0.6) is 0 Å². The standard InChI is InChI=1S/C14H25NO5S/c1-3-19-9-12-8-14(11-20-12)4-6-15(7-5-14)13(16)10-21(2,17)18/h12H,3-11H2,1-2H3/t12-/m0/s1. The minimum atomic E-state index is -3.25. The molecule has 6 nitrogen and oxygen atoms in total. The molecule has 0 saturated carbocycles. The van der Waals surface area contributed by atoms with Crippen molar-refractivity contribution in [3.63, 3.8) is 0 Å². The average Bonchev–Trinajstić information content (AvgIpc) is 2.78. The second-order valence-electron chi connectivity index (χ2n) is 6.25. The van der Waals surface area contributed by atoms with E-state index in [1.807, 2.05) is 6.92 Å². The molecule has 2 saturated heterocycles. The molecular formula is C14H25NO5S. The Morgan fingerprint density at radius 2 is 2.05 bits per heavy atom. The lowest BCUT2D eigenvalue weighted by Gasteiger charge is -2.38. The lowest BCUT2D eigenvalue weighted by atomic mass is 9.76. The number of rotatable bonds is 5. The molecule has 2 heterocycles. The first-order valence-electron chi connectivity index (χ1n) is 7.48. The number of ether oxygens (including phenoxy) is 2. The van der Waals surface area contributed by atoms with Gasteiger partial charge < -0.3 is 14.4 Å². The zero-order chi connectivity index (χ0) is 15.5. The Kier molecular flexibility index (Phi) is 5.27. The smallest absolute Gasteiger partial charge is 0.237 e. The van der Waals surface area contributed by atoms with Crippen molar-refractivity contribution in [2.45, 2.75) is 32.3 Å². The van der Waals surface area contributed by atoms with E-state index in [1.54, 1.807) is 4.90 Å². The summed E-state index contributed by atoms with van der Waals surface area (Å²) in [6, 6.07) is 0. The van der Waals surface area contributed by atoms with Gasteiger partial charge in [0.2, 0.25) is 5.91 Å². The predicted octanol–water partition coefficient (Wildman–Crippen LogP) is 0.465. The minimum Gasteiger partial charge on any atom is -0.379 e. The molecule has 0 unspecified atom stereocenters. The summed E-state index contributed by atoms with van der Waals surface area (Å²) >= 11 is 0. The monoisotopic (exact) mass is 319 g/mol. The average molecular weight is 319 g/mol. The Morgan fingerprint density at radius 1 is 1.38 bits per heavy atom. The van der Waals surface area contributed by atoms with Crippen molar-refractivity contribution in [3.05, 3.63) is 0 Å². The van der Waals surface area contributed by atoms with E-state index < -0.39 is 9.84 Å². The summed E-state index contributed by atoms with van der Waals surface area (Å²) in [5.41, 5.74) is 0.142. The normalized spacial score (nSPS) is 25.4. The molecular weight excluding hydrogens is 294 g/mol. The fourth-order valence-corrected chi connectivity index (χ4v) is 3.78. The lowest BCUT2D eigenvalue weighted by molar-refractivity contribution is -0.130. The second kappa shape index (κ2) is 6.62. The maximum absolute atomic E-state index is 11.9. The van der Waals surface area contributed by atoms with Crippen LogP contribution >= 0.6 is 0 Å². The van der Waals surface area contributed by atoms with Crippen molar-refractivity contribution in [3.8, 4) is 0 Å². The maximum Gasteiger partial charge on any atom is 0.237 e. The summed E-state index contributed by atoms with van der Waals surface area (Å²) in [6.07, 6.45) is 3.99. The summed E-state index contributed by atoms with van der Waals surface area (Å²) in [4.78, 5) is 13.6. The van der Waals surface area contributed by atoms with Gasteiger partial charge in [-0.3, -0.25) is 4.79 Å². The molecule has 0 aromatic carbocycles. The minimum absolute atomic E-state index is 0.142. The zero-order valence-electron chi connectivity index (χ0n) is 12.8. The highest BCUT2D eigenvalue weighted by atomic mass is 32.2. The summed E-state index contributed by atoms with van der Waals surface area (Å²) in [5.74, 6) is -0.666. The van der Waals surface area contributed by atoms with Crippen LogP contribution in [-0.2, 0) is 24.1 Å².